The molecule has 16 heavy (non-hydrogen) atoms. The Bertz CT molecular complexity index is 332. The zero-order chi connectivity index (χ0) is 11.4. The van der Waals surface area contributed by atoms with Gasteiger partial charge in [-0.25, -0.2) is 4.79 Å². The summed E-state index contributed by atoms with van der Waals surface area (Å²) in [5.41, 5.74) is 0. The normalized spacial score (nSPS) is 17.6. The predicted octanol–water partition coefficient (Wildman–Crippen LogP) is 1.12. The molecule has 1 aromatic rings. The summed E-state index contributed by atoms with van der Waals surface area (Å²) in [5.74, 6) is 0. The number of aromatic nitrogens is 2. The van der Waals surface area contributed by atoms with Gasteiger partial charge in [-0.1, -0.05) is 0 Å². The first-order valence-corrected chi connectivity index (χ1v) is 5.78. The highest BCUT2D eigenvalue weighted by Gasteiger charge is 2.19. The average Bonchev–Trinajstić information content (AvgIpc) is 2.63. The largest absolute Gasteiger partial charge is 0.335 e. The van der Waals surface area contributed by atoms with Gasteiger partial charge in [-0.2, -0.15) is 5.10 Å². The second kappa shape index (κ2) is 5.01. The van der Waals surface area contributed by atoms with Gasteiger partial charge in [-0.15, -0.1) is 0 Å². The minimum atomic E-state index is -0.0654. The van der Waals surface area contributed by atoms with Crippen LogP contribution in [0.3, 0.4) is 0 Å². The van der Waals surface area contributed by atoms with Crippen molar-refractivity contribution in [3.63, 3.8) is 0 Å². The summed E-state index contributed by atoms with van der Waals surface area (Å²) in [7, 11) is 0. The fourth-order valence-electron chi connectivity index (χ4n) is 1.74. The van der Waals surface area contributed by atoms with Crippen LogP contribution in [0.15, 0.2) is 18.5 Å². The van der Waals surface area contributed by atoms with Crippen molar-refractivity contribution in [1.29, 1.82) is 0 Å². The van der Waals surface area contributed by atoms with Crippen molar-refractivity contribution in [2.45, 2.75) is 44.8 Å². The number of nitrogens with zero attached hydrogens (tertiary/aromatic N) is 2. The van der Waals surface area contributed by atoms with Crippen LogP contribution in [0.1, 0.15) is 26.2 Å². The van der Waals surface area contributed by atoms with Gasteiger partial charge in [0.1, 0.15) is 0 Å². The van der Waals surface area contributed by atoms with Crippen LogP contribution in [0.25, 0.3) is 0 Å². The lowest BCUT2D eigenvalue weighted by Gasteiger charge is -2.27. The maximum Gasteiger partial charge on any atom is 0.315 e. The molecule has 0 aromatic carbocycles. The van der Waals surface area contributed by atoms with Gasteiger partial charge in [0.05, 0.1) is 6.54 Å². The second-order valence-corrected chi connectivity index (χ2v) is 4.37. The van der Waals surface area contributed by atoms with Gasteiger partial charge in [-0.3, -0.25) is 4.68 Å². The Morgan fingerprint density at radius 2 is 2.44 bits per heavy atom. The van der Waals surface area contributed by atoms with Gasteiger partial charge in [-0.05, 0) is 32.3 Å². The smallest absolute Gasteiger partial charge is 0.315 e. The molecule has 1 saturated carbocycles. The maximum absolute atomic E-state index is 11.5. The van der Waals surface area contributed by atoms with Crippen LogP contribution in [0.4, 0.5) is 4.79 Å². The van der Waals surface area contributed by atoms with Gasteiger partial charge >= 0.3 is 6.03 Å². The van der Waals surface area contributed by atoms with E-state index in [2.05, 4.69) is 15.7 Å². The monoisotopic (exact) mass is 222 g/mol. The number of hydrogen-bond acceptors (Lipinski definition) is 2. The van der Waals surface area contributed by atoms with Crippen molar-refractivity contribution in [1.82, 2.24) is 20.4 Å². The third-order valence-electron chi connectivity index (χ3n) is 2.84. The van der Waals surface area contributed by atoms with E-state index in [1.165, 1.54) is 6.42 Å². The van der Waals surface area contributed by atoms with Gasteiger partial charge in [0.2, 0.25) is 0 Å². The summed E-state index contributed by atoms with van der Waals surface area (Å²) in [6.45, 7) is 2.67. The summed E-state index contributed by atoms with van der Waals surface area (Å²) >= 11 is 0. The Morgan fingerprint density at radius 1 is 1.62 bits per heavy atom. The molecule has 1 atom stereocenters. The maximum atomic E-state index is 11.5. The van der Waals surface area contributed by atoms with E-state index in [0.29, 0.717) is 12.6 Å². The number of hydrogen-bond donors (Lipinski definition) is 2. The second-order valence-electron chi connectivity index (χ2n) is 4.37. The summed E-state index contributed by atoms with van der Waals surface area (Å²) in [4.78, 5) is 11.5. The van der Waals surface area contributed by atoms with Crippen LogP contribution in [-0.4, -0.2) is 27.9 Å². The van der Waals surface area contributed by atoms with Crippen molar-refractivity contribution in [3.05, 3.63) is 18.5 Å². The average molecular weight is 222 g/mol. The van der Waals surface area contributed by atoms with Crippen LogP contribution in [0.5, 0.6) is 0 Å². The van der Waals surface area contributed by atoms with Crippen LogP contribution in [-0.2, 0) is 6.54 Å². The Labute approximate surface area is 95.2 Å². The highest BCUT2D eigenvalue weighted by atomic mass is 16.2. The topological polar surface area (TPSA) is 59.0 Å². The lowest BCUT2D eigenvalue weighted by Crippen LogP contribution is -2.48. The van der Waals surface area contributed by atoms with Crippen LogP contribution >= 0.6 is 0 Å². The zero-order valence-electron chi connectivity index (χ0n) is 9.52. The summed E-state index contributed by atoms with van der Waals surface area (Å²) < 4.78 is 1.81. The van der Waals surface area contributed by atoms with E-state index < -0.39 is 0 Å². The van der Waals surface area contributed by atoms with Crippen molar-refractivity contribution >= 4 is 6.03 Å². The van der Waals surface area contributed by atoms with Crippen molar-refractivity contribution < 1.29 is 4.79 Å². The van der Waals surface area contributed by atoms with E-state index in [9.17, 15) is 4.79 Å². The molecular weight excluding hydrogens is 204 g/mol. The molecule has 0 aliphatic heterocycles. The SMILES string of the molecule is CC(Cn1cccn1)NC(=O)NC1CCC1. The quantitative estimate of drug-likeness (QED) is 0.802. The molecule has 0 saturated heterocycles. The molecule has 1 aromatic heterocycles. The third kappa shape index (κ3) is 2.98. The highest BCUT2D eigenvalue weighted by Crippen LogP contribution is 2.17. The number of carbonyl (C=O) groups is 1. The Kier molecular flexibility index (Phi) is 3.44. The molecule has 2 N–H and O–H groups in total. The van der Waals surface area contributed by atoms with E-state index in [4.69, 9.17) is 0 Å². The summed E-state index contributed by atoms with van der Waals surface area (Å²) in [6.07, 6.45) is 7.08. The molecule has 1 aliphatic carbocycles. The van der Waals surface area contributed by atoms with E-state index in [-0.39, 0.29) is 12.1 Å². The van der Waals surface area contributed by atoms with Gasteiger partial charge in [0.15, 0.2) is 0 Å². The molecule has 2 amide bonds. The summed E-state index contributed by atoms with van der Waals surface area (Å²) in [6, 6.07) is 2.28. The zero-order valence-corrected chi connectivity index (χ0v) is 9.52. The molecule has 0 radical (unpaired) electrons. The molecule has 5 nitrogen and oxygen atoms in total. The highest BCUT2D eigenvalue weighted by molar-refractivity contribution is 5.74. The summed E-state index contributed by atoms with van der Waals surface area (Å²) in [5, 5.41) is 9.95. The number of amides is 2. The Balaban J connectivity index is 1.69. The molecular formula is C11H18N4O. The van der Waals surface area contributed by atoms with E-state index >= 15 is 0 Å². The minimum absolute atomic E-state index is 0.0654. The lowest BCUT2D eigenvalue weighted by atomic mass is 9.93. The van der Waals surface area contributed by atoms with E-state index in [0.717, 1.165) is 12.8 Å². The molecule has 88 valence electrons. The molecule has 1 unspecified atom stereocenters. The van der Waals surface area contributed by atoms with Gasteiger partial charge < -0.3 is 10.6 Å². The van der Waals surface area contributed by atoms with E-state index in [1.54, 1.807) is 6.20 Å². The van der Waals surface area contributed by atoms with Crippen LogP contribution < -0.4 is 10.6 Å². The lowest BCUT2D eigenvalue weighted by molar-refractivity contribution is 0.224. The standard InChI is InChI=1S/C11H18N4O/c1-9(8-15-7-3-6-12-15)13-11(16)14-10-4-2-5-10/h3,6-7,9-10H,2,4-5,8H2,1H3,(H2,13,14,16). The van der Waals surface area contributed by atoms with Gasteiger partial charge in [0, 0.05) is 24.5 Å². The number of carbonyl (C=O) groups excluding carboxylic acids is 1. The van der Waals surface area contributed by atoms with E-state index in [1.807, 2.05) is 23.9 Å². The first-order chi connectivity index (χ1) is 7.74. The molecule has 0 bridgehead atoms. The first kappa shape index (κ1) is 11.0. The molecule has 1 aliphatic rings. The van der Waals surface area contributed by atoms with Gasteiger partial charge in [0.25, 0.3) is 0 Å². The molecule has 1 heterocycles. The Morgan fingerprint density at radius 3 is 3.00 bits per heavy atom. The molecule has 1 fully saturated rings. The van der Waals surface area contributed by atoms with Crippen LogP contribution in [0, 0.1) is 0 Å². The fraction of sp³-hybridized carbons (Fsp3) is 0.636. The van der Waals surface area contributed by atoms with Crippen molar-refractivity contribution in [3.8, 4) is 0 Å². The molecule has 0 spiro atoms. The molecule has 2 rings (SSSR count). The fourth-order valence-corrected chi connectivity index (χ4v) is 1.74. The number of urea groups is 1. The van der Waals surface area contributed by atoms with Crippen molar-refractivity contribution in [2.75, 3.05) is 0 Å². The van der Waals surface area contributed by atoms with Crippen molar-refractivity contribution in [2.24, 2.45) is 0 Å². The molecule has 5 heteroatoms. The number of nitrogens with one attached hydrogen (secondary N) is 2. The number of rotatable bonds is 4. The predicted molar refractivity (Wildman–Crippen MR) is 61.0 cm³/mol. The minimum Gasteiger partial charge on any atom is -0.335 e. The van der Waals surface area contributed by atoms with Crippen LogP contribution in [0.2, 0.25) is 0 Å². The third-order valence-corrected chi connectivity index (χ3v) is 2.84. The first-order valence-electron chi connectivity index (χ1n) is 5.78. The Hall–Kier alpha value is -1.52.